The van der Waals surface area contributed by atoms with Gasteiger partial charge >= 0.3 is 0 Å². The molecule has 29 heavy (non-hydrogen) atoms. The van der Waals surface area contributed by atoms with Gasteiger partial charge in [0.05, 0.1) is 11.0 Å². The van der Waals surface area contributed by atoms with E-state index in [4.69, 9.17) is 9.57 Å². The average Bonchev–Trinajstić information content (AvgIpc) is 3.14. The van der Waals surface area contributed by atoms with Gasteiger partial charge in [0.2, 0.25) is 0 Å². The van der Waals surface area contributed by atoms with Crippen molar-refractivity contribution in [1.29, 1.82) is 0 Å². The molecule has 1 saturated heterocycles. The van der Waals surface area contributed by atoms with Gasteiger partial charge in [-0.1, -0.05) is 40.2 Å². The maximum Gasteiger partial charge on any atom is 0.267 e. The number of rotatable bonds is 6. The zero-order chi connectivity index (χ0) is 20.1. The first-order valence-electron chi connectivity index (χ1n) is 9.64. The summed E-state index contributed by atoms with van der Waals surface area (Å²) in [5, 5.41) is 0. The molecule has 3 aromatic rings. The van der Waals surface area contributed by atoms with Crippen molar-refractivity contribution in [2.45, 2.75) is 32.0 Å². The normalized spacial score (nSPS) is 17.1. The lowest BCUT2D eigenvalue weighted by atomic mass is 10.1. The first-order valence-corrected chi connectivity index (χ1v) is 10.4. The maximum absolute atomic E-state index is 11.9. The summed E-state index contributed by atoms with van der Waals surface area (Å²) in [5.41, 5.74) is 6.46. The lowest BCUT2D eigenvalue weighted by Gasteiger charge is -2.21. The van der Waals surface area contributed by atoms with E-state index in [1.165, 1.54) is 6.08 Å². The third kappa shape index (κ3) is 5.53. The Bertz CT molecular complexity index is 1010. The molecule has 1 unspecified atom stereocenters. The van der Waals surface area contributed by atoms with Gasteiger partial charge in [-0.2, -0.15) is 0 Å². The molecule has 1 aliphatic heterocycles. The Morgan fingerprint density at radius 2 is 2.14 bits per heavy atom. The molecule has 0 aliphatic carbocycles. The molecule has 1 aromatic heterocycles. The van der Waals surface area contributed by atoms with Crippen molar-refractivity contribution in [3.8, 4) is 0 Å². The summed E-state index contributed by atoms with van der Waals surface area (Å²) in [6, 6.07) is 14.0. The largest absolute Gasteiger partial charge is 0.350 e. The molecule has 6 nitrogen and oxygen atoms in total. The third-order valence-corrected chi connectivity index (χ3v) is 5.19. The van der Waals surface area contributed by atoms with E-state index in [0.29, 0.717) is 13.0 Å². The van der Waals surface area contributed by atoms with Gasteiger partial charge in [-0.15, -0.1) is 0 Å². The molecule has 0 radical (unpaired) electrons. The second-order valence-corrected chi connectivity index (χ2v) is 7.89. The quantitative estimate of drug-likeness (QED) is 0.423. The fraction of sp³-hybridized carbons (Fsp3) is 0.273. The summed E-state index contributed by atoms with van der Waals surface area (Å²) in [6.07, 6.45) is 6.46. The Hall–Kier alpha value is -2.48. The minimum absolute atomic E-state index is 0.309. The van der Waals surface area contributed by atoms with Crippen molar-refractivity contribution >= 4 is 38.9 Å². The number of imidazole rings is 1. The number of carbonyl (C=O) groups excluding carboxylic acids is 1. The highest BCUT2D eigenvalue weighted by Crippen LogP contribution is 2.19. The van der Waals surface area contributed by atoms with Crippen molar-refractivity contribution in [3.63, 3.8) is 0 Å². The molecular formula is C22H22BrN3O3. The molecule has 2 aromatic carbocycles. The van der Waals surface area contributed by atoms with Crippen molar-refractivity contribution < 1.29 is 14.4 Å². The molecule has 0 spiro atoms. The van der Waals surface area contributed by atoms with Gasteiger partial charge in [0.25, 0.3) is 5.91 Å². The van der Waals surface area contributed by atoms with Crippen LogP contribution in [0.25, 0.3) is 17.1 Å². The number of amides is 1. The predicted molar refractivity (Wildman–Crippen MR) is 115 cm³/mol. The molecule has 1 aliphatic rings. The molecule has 7 heteroatoms. The Kier molecular flexibility index (Phi) is 6.39. The zero-order valence-corrected chi connectivity index (χ0v) is 17.4. The van der Waals surface area contributed by atoms with Crippen LogP contribution in [0, 0.1) is 0 Å². The van der Waals surface area contributed by atoms with Crippen LogP contribution in [0.4, 0.5) is 0 Å². The van der Waals surface area contributed by atoms with Crippen LogP contribution in [0.5, 0.6) is 0 Å². The number of hydrogen-bond donors (Lipinski definition) is 2. The number of hydrogen-bond acceptors (Lipinski definition) is 4. The van der Waals surface area contributed by atoms with E-state index >= 15 is 0 Å². The summed E-state index contributed by atoms with van der Waals surface area (Å²) in [6.45, 7) is 0.675. The second kappa shape index (κ2) is 9.35. The van der Waals surface area contributed by atoms with Crippen LogP contribution in [-0.2, 0) is 20.8 Å². The summed E-state index contributed by atoms with van der Waals surface area (Å²) in [7, 11) is 0. The number of nitrogens with one attached hydrogen (secondary N) is 2. The number of benzene rings is 2. The SMILES string of the molecule is O=C(/C=C/c1ccc(Cc2nc3ccc(Br)cc3[nH]2)cc1)NOC1CCCCO1. The first-order chi connectivity index (χ1) is 14.2. The summed E-state index contributed by atoms with van der Waals surface area (Å²) < 4.78 is 6.43. The molecule has 0 bridgehead atoms. The number of carbonyl (C=O) groups is 1. The zero-order valence-electron chi connectivity index (χ0n) is 15.9. The van der Waals surface area contributed by atoms with Crippen molar-refractivity contribution in [3.05, 3.63) is 70.0 Å². The Labute approximate surface area is 177 Å². The van der Waals surface area contributed by atoms with Crippen LogP contribution in [0.1, 0.15) is 36.2 Å². The van der Waals surface area contributed by atoms with Gasteiger partial charge in [0, 0.05) is 30.0 Å². The Morgan fingerprint density at radius 1 is 1.28 bits per heavy atom. The molecule has 1 atom stereocenters. The highest BCUT2D eigenvalue weighted by molar-refractivity contribution is 9.10. The number of fused-ring (bicyclic) bond motifs is 1. The number of hydroxylamine groups is 1. The average molecular weight is 456 g/mol. The van der Waals surface area contributed by atoms with Gasteiger partial charge < -0.3 is 9.72 Å². The van der Waals surface area contributed by atoms with Crippen LogP contribution >= 0.6 is 15.9 Å². The first kappa shape index (κ1) is 19.8. The Morgan fingerprint density at radius 3 is 2.93 bits per heavy atom. The molecule has 4 rings (SSSR count). The van der Waals surface area contributed by atoms with Gasteiger partial charge in [-0.3, -0.25) is 4.79 Å². The monoisotopic (exact) mass is 455 g/mol. The van der Waals surface area contributed by atoms with Gasteiger partial charge in [0.15, 0.2) is 6.29 Å². The number of nitrogens with zero attached hydrogens (tertiary/aromatic N) is 1. The van der Waals surface area contributed by atoms with Crippen LogP contribution < -0.4 is 5.48 Å². The minimum atomic E-state index is -0.347. The summed E-state index contributed by atoms with van der Waals surface area (Å²) >= 11 is 3.47. The van der Waals surface area contributed by atoms with E-state index in [1.807, 2.05) is 42.5 Å². The van der Waals surface area contributed by atoms with Gasteiger partial charge in [-0.25, -0.2) is 15.3 Å². The number of ether oxygens (including phenoxy) is 1. The third-order valence-electron chi connectivity index (χ3n) is 4.70. The predicted octanol–water partition coefficient (Wildman–Crippen LogP) is 4.50. The molecule has 1 fully saturated rings. The molecular weight excluding hydrogens is 434 g/mol. The van der Waals surface area contributed by atoms with Crippen LogP contribution in [0.2, 0.25) is 0 Å². The highest BCUT2D eigenvalue weighted by atomic mass is 79.9. The molecule has 2 N–H and O–H groups in total. The van der Waals surface area contributed by atoms with Gasteiger partial charge in [-0.05, 0) is 48.2 Å². The molecule has 1 amide bonds. The fourth-order valence-electron chi connectivity index (χ4n) is 3.19. The van der Waals surface area contributed by atoms with Crippen LogP contribution in [0.15, 0.2) is 53.0 Å². The topological polar surface area (TPSA) is 76.2 Å². The maximum atomic E-state index is 11.9. The lowest BCUT2D eigenvalue weighted by molar-refractivity contribution is -0.198. The van der Waals surface area contributed by atoms with Gasteiger partial charge in [0.1, 0.15) is 5.82 Å². The van der Waals surface area contributed by atoms with Crippen molar-refractivity contribution in [2.75, 3.05) is 6.61 Å². The molecule has 0 saturated carbocycles. The smallest absolute Gasteiger partial charge is 0.267 e. The van der Waals surface area contributed by atoms with Crippen LogP contribution in [-0.4, -0.2) is 28.8 Å². The molecule has 150 valence electrons. The Balaban J connectivity index is 1.30. The van der Waals surface area contributed by atoms with E-state index in [0.717, 1.165) is 51.7 Å². The van der Waals surface area contributed by atoms with E-state index < -0.39 is 0 Å². The lowest BCUT2D eigenvalue weighted by Crippen LogP contribution is -2.32. The fourth-order valence-corrected chi connectivity index (χ4v) is 3.55. The second-order valence-electron chi connectivity index (χ2n) is 6.98. The number of aromatic nitrogens is 2. The van der Waals surface area contributed by atoms with E-state index in [2.05, 4.69) is 31.4 Å². The number of halogens is 1. The molecule has 2 heterocycles. The number of H-pyrrole nitrogens is 1. The summed E-state index contributed by atoms with van der Waals surface area (Å²) in [5.74, 6) is 0.611. The number of aromatic amines is 1. The van der Waals surface area contributed by atoms with Crippen molar-refractivity contribution in [1.82, 2.24) is 15.4 Å². The van der Waals surface area contributed by atoms with Crippen molar-refractivity contribution in [2.24, 2.45) is 0 Å². The van der Waals surface area contributed by atoms with E-state index in [9.17, 15) is 4.79 Å². The van der Waals surface area contributed by atoms with Crippen LogP contribution in [0.3, 0.4) is 0 Å². The standard InChI is InChI=1S/C22H22BrN3O3/c23-17-9-10-18-19(14-17)25-20(24-18)13-16-6-4-15(5-7-16)8-11-21(27)26-29-22-3-1-2-12-28-22/h4-11,14,22H,1-3,12-13H2,(H,24,25)(H,26,27)/b11-8+. The summed E-state index contributed by atoms with van der Waals surface area (Å²) in [4.78, 5) is 25.1. The highest BCUT2D eigenvalue weighted by Gasteiger charge is 2.14. The minimum Gasteiger partial charge on any atom is -0.350 e. The van der Waals surface area contributed by atoms with E-state index in [-0.39, 0.29) is 12.2 Å². The van der Waals surface area contributed by atoms with E-state index in [1.54, 1.807) is 6.08 Å².